The van der Waals surface area contributed by atoms with Crippen molar-refractivity contribution in [2.24, 2.45) is 11.8 Å². The van der Waals surface area contributed by atoms with Gasteiger partial charge < -0.3 is 9.47 Å². The molecule has 100 valence electrons. The molecule has 0 heterocycles. The highest BCUT2D eigenvalue weighted by molar-refractivity contribution is 5.71. The summed E-state index contributed by atoms with van der Waals surface area (Å²) in [6, 6.07) is 0. The number of carbonyl (C=O) groups is 2. The number of esters is 2. The maximum absolute atomic E-state index is 11.5. The molecular weight excluding hydrogens is 220 g/mol. The molecule has 0 rings (SSSR count). The second kappa shape index (κ2) is 7.30. The van der Waals surface area contributed by atoms with Crippen LogP contribution in [0, 0.1) is 11.8 Å². The molecule has 0 aliphatic heterocycles. The van der Waals surface area contributed by atoms with Crippen LogP contribution in [-0.2, 0) is 19.1 Å². The Balaban J connectivity index is 4.34. The third-order valence-electron chi connectivity index (χ3n) is 2.41. The number of ether oxygens (including phenoxy) is 2. The zero-order chi connectivity index (χ0) is 13.6. The van der Waals surface area contributed by atoms with E-state index in [-0.39, 0.29) is 36.0 Å². The summed E-state index contributed by atoms with van der Waals surface area (Å²) in [4.78, 5) is 22.3. The Morgan fingerprint density at radius 2 is 1.53 bits per heavy atom. The van der Waals surface area contributed by atoms with Crippen LogP contribution in [0.15, 0.2) is 0 Å². The molecule has 0 spiro atoms. The molecule has 0 aromatic heterocycles. The van der Waals surface area contributed by atoms with E-state index in [1.807, 2.05) is 13.8 Å². The van der Waals surface area contributed by atoms with Crippen molar-refractivity contribution in [2.75, 3.05) is 0 Å². The molecule has 0 bridgehead atoms. The van der Waals surface area contributed by atoms with Crippen LogP contribution in [0.1, 0.15) is 48.0 Å². The first-order valence-electron chi connectivity index (χ1n) is 6.11. The highest BCUT2D eigenvalue weighted by atomic mass is 16.6. The molecule has 0 unspecified atom stereocenters. The normalized spacial score (nSPS) is 14.6. The first kappa shape index (κ1) is 15.9. The van der Waals surface area contributed by atoms with Gasteiger partial charge in [-0.25, -0.2) is 0 Å². The van der Waals surface area contributed by atoms with E-state index in [1.165, 1.54) is 6.92 Å². The summed E-state index contributed by atoms with van der Waals surface area (Å²) < 4.78 is 10.4. The van der Waals surface area contributed by atoms with Gasteiger partial charge in [0.2, 0.25) is 0 Å². The fourth-order valence-electron chi connectivity index (χ4n) is 1.40. The molecule has 4 nitrogen and oxygen atoms in total. The van der Waals surface area contributed by atoms with Crippen molar-refractivity contribution in [2.45, 2.75) is 60.2 Å². The maximum atomic E-state index is 11.5. The van der Waals surface area contributed by atoms with Crippen LogP contribution in [0.2, 0.25) is 0 Å². The maximum Gasteiger partial charge on any atom is 0.308 e. The average Bonchev–Trinajstić information content (AvgIpc) is 2.14. The van der Waals surface area contributed by atoms with E-state index >= 15 is 0 Å². The summed E-state index contributed by atoms with van der Waals surface area (Å²) >= 11 is 0. The molecule has 0 radical (unpaired) electrons. The van der Waals surface area contributed by atoms with Crippen LogP contribution in [0.5, 0.6) is 0 Å². The minimum atomic E-state index is -0.310. The van der Waals surface area contributed by atoms with E-state index in [9.17, 15) is 9.59 Å². The predicted molar refractivity (Wildman–Crippen MR) is 65.4 cm³/mol. The second-order valence-corrected chi connectivity index (χ2v) is 5.03. The van der Waals surface area contributed by atoms with Crippen molar-refractivity contribution in [3.63, 3.8) is 0 Å². The van der Waals surface area contributed by atoms with Gasteiger partial charge in [-0.15, -0.1) is 0 Å². The van der Waals surface area contributed by atoms with Gasteiger partial charge in [0.25, 0.3) is 0 Å². The molecule has 0 fully saturated rings. The molecule has 0 aliphatic carbocycles. The zero-order valence-corrected chi connectivity index (χ0v) is 11.6. The third-order valence-corrected chi connectivity index (χ3v) is 2.41. The predicted octanol–water partition coefficient (Wildman–Crippen LogP) is 2.55. The Kier molecular flexibility index (Phi) is 6.85. The van der Waals surface area contributed by atoms with Crippen LogP contribution in [0.4, 0.5) is 0 Å². The first-order chi connectivity index (χ1) is 7.73. The molecule has 0 N–H and O–H groups in total. The molecule has 0 amide bonds. The van der Waals surface area contributed by atoms with Gasteiger partial charge in [0.05, 0.1) is 5.92 Å². The summed E-state index contributed by atoms with van der Waals surface area (Å²) in [5, 5.41) is 0. The summed E-state index contributed by atoms with van der Waals surface area (Å²) in [5.41, 5.74) is 0. The summed E-state index contributed by atoms with van der Waals surface area (Å²) in [6.45, 7) is 10.8. The SMILES string of the molecule is CC(=O)O[C@H](C)C[C@H](OC(=O)C(C)C)C(C)C. The minimum absolute atomic E-state index is 0.139. The van der Waals surface area contributed by atoms with E-state index in [2.05, 4.69) is 0 Å². The molecule has 0 aromatic rings. The lowest BCUT2D eigenvalue weighted by Gasteiger charge is -2.25. The highest BCUT2D eigenvalue weighted by Gasteiger charge is 2.23. The van der Waals surface area contributed by atoms with Gasteiger partial charge in [-0.05, 0) is 12.8 Å². The standard InChI is InChI=1S/C13H24O4/c1-8(2)12(17-13(15)9(3)4)7-10(5)16-11(6)14/h8-10,12H,7H2,1-6H3/t10-,12+/m1/s1. The Hall–Kier alpha value is -1.06. The molecule has 0 saturated heterocycles. The van der Waals surface area contributed by atoms with E-state index in [1.54, 1.807) is 20.8 Å². The molecule has 0 aromatic carbocycles. The van der Waals surface area contributed by atoms with Gasteiger partial charge in [0, 0.05) is 13.3 Å². The molecular formula is C13H24O4. The lowest BCUT2D eigenvalue weighted by Crippen LogP contribution is -2.30. The lowest BCUT2D eigenvalue weighted by atomic mass is 10.0. The van der Waals surface area contributed by atoms with Gasteiger partial charge in [-0.2, -0.15) is 0 Å². The zero-order valence-electron chi connectivity index (χ0n) is 11.6. The second-order valence-electron chi connectivity index (χ2n) is 5.03. The molecule has 4 heteroatoms. The Morgan fingerprint density at radius 1 is 1.00 bits per heavy atom. The van der Waals surface area contributed by atoms with Crippen LogP contribution >= 0.6 is 0 Å². The van der Waals surface area contributed by atoms with Crippen LogP contribution in [-0.4, -0.2) is 24.1 Å². The summed E-state index contributed by atoms with van der Waals surface area (Å²) in [5.74, 6) is -0.454. The highest BCUT2D eigenvalue weighted by Crippen LogP contribution is 2.16. The topological polar surface area (TPSA) is 52.6 Å². The van der Waals surface area contributed by atoms with Crippen molar-refractivity contribution >= 4 is 11.9 Å². The minimum Gasteiger partial charge on any atom is -0.463 e. The quantitative estimate of drug-likeness (QED) is 0.674. The number of hydrogen-bond donors (Lipinski definition) is 0. The van der Waals surface area contributed by atoms with Gasteiger partial charge in [-0.3, -0.25) is 9.59 Å². The fourth-order valence-corrected chi connectivity index (χ4v) is 1.40. The van der Waals surface area contributed by atoms with Gasteiger partial charge in [-0.1, -0.05) is 27.7 Å². The first-order valence-corrected chi connectivity index (χ1v) is 6.11. The van der Waals surface area contributed by atoms with Gasteiger partial charge >= 0.3 is 11.9 Å². The van der Waals surface area contributed by atoms with Crippen LogP contribution in [0.25, 0.3) is 0 Å². The van der Waals surface area contributed by atoms with Crippen LogP contribution in [0.3, 0.4) is 0 Å². The van der Waals surface area contributed by atoms with Crippen molar-refractivity contribution < 1.29 is 19.1 Å². The monoisotopic (exact) mass is 244 g/mol. The van der Waals surface area contributed by atoms with Crippen molar-refractivity contribution in [3.05, 3.63) is 0 Å². The van der Waals surface area contributed by atoms with Crippen molar-refractivity contribution in [1.82, 2.24) is 0 Å². The lowest BCUT2D eigenvalue weighted by molar-refractivity contribution is -0.158. The van der Waals surface area contributed by atoms with E-state index < -0.39 is 0 Å². The largest absolute Gasteiger partial charge is 0.463 e. The van der Waals surface area contributed by atoms with Crippen LogP contribution < -0.4 is 0 Å². The van der Waals surface area contributed by atoms with Gasteiger partial charge in [0.15, 0.2) is 0 Å². The Morgan fingerprint density at radius 3 is 1.88 bits per heavy atom. The Labute approximate surface area is 104 Å². The number of rotatable bonds is 6. The molecule has 0 aliphatic rings. The molecule has 17 heavy (non-hydrogen) atoms. The number of carbonyl (C=O) groups excluding carboxylic acids is 2. The average molecular weight is 244 g/mol. The van der Waals surface area contributed by atoms with Gasteiger partial charge in [0.1, 0.15) is 12.2 Å². The molecule has 0 saturated carbocycles. The molecule has 2 atom stereocenters. The third kappa shape index (κ3) is 6.97. The van der Waals surface area contributed by atoms with E-state index in [0.717, 1.165) is 0 Å². The van der Waals surface area contributed by atoms with E-state index in [4.69, 9.17) is 9.47 Å². The Bertz CT molecular complexity index is 258. The number of hydrogen-bond acceptors (Lipinski definition) is 4. The van der Waals surface area contributed by atoms with Crippen molar-refractivity contribution in [3.8, 4) is 0 Å². The fraction of sp³-hybridized carbons (Fsp3) is 0.846. The van der Waals surface area contributed by atoms with E-state index in [0.29, 0.717) is 6.42 Å². The summed E-state index contributed by atoms with van der Waals surface area (Å²) in [7, 11) is 0. The smallest absolute Gasteiger partial charge is 0.308 e. The van der Waals surface area contributed by atoms with Crippen molar-refractivity contribution in [1.29, 1.82) is 0 Å². The summed E-state index contributed by atoms with van der Waals surface area (Å²) in [6.07, 6.45) is 0.0921.